The number of carbonyl (C=O) groups is 1. The highest BCUT2D eigenvalue weighted by Gasteiger charge is 2.33. The maximum Gasteiger partial charge on any atom is 0.258 e. The molecule has 0 aromatic heterocycles. The number of phenolic OH excluding ortho intramolecular Hbond substituents is 1. The van der Waals surface area contributed by atoms with Gasteiger partial charge in [-0.1, -0.05) is 6.07 Å². The van der Waals surface area contributed by atoms with Gasteiger partial charge in [0.1, 0.15) is 0 Å². The molecule has 0 spiro atoms. The Labute approximate surface area is 123 Å². The lowest BCUT2D eigenvalue weighted by Crippen LogP contribution is -2.41. The number of likely N-dealkylation sites (tertiary alicyclic amines) is 1. The minimum atomic E-state index is -3.66. The third-order valence-corrected chi connectivity index (χ3v) is 4.36. The van der Waals surface area contributed by atoms with Crippen molar-refractivity contribution in [2.24, 2.45) is 5.14 Å². The molecule has 116 valence electrons. The monoisotopic (exact) mass is 314 g/mol. The zero-order valence-electron chi connectivity index (χ0n) is 11.7. The summed E-state index contributed by atoms with van der Waals surface area (Å²) in [5, 5.41) is 15.1. The number of methoxy groups -OCH3 is 1. The molecule has 1 amide bonds. The van der Waals surface area contributed by atoms with Crippen LogP contribution < -0.4 is 9.88 Å². The smallest absolute Gasteiger partial charge is 0.258 e. The minimum Gasteiger partial charge on any atom is -0.504 e. The Morgan fingerprint density at radius 1 is 1.52 bits per heavy atom. The van der Waals surface area contributed by atoms with E-state index in [0.717, 1.165) is 0 Å². The summed E-state index contributed by atoms with van der Waals surface area (Å²) in [5.41, 5.74) is 0.0932. The number of para-hydroxylation sites is 1. The number of benzene rings is 1. The largest absolute Gasteiger partial charge is 0.504 e. The molecule has 8 heteroatoms. The first kappa shape index (κ1) is 15.6. The van der Waals surface area contributed by atoms with Crippen molar-refractivity contribution in [1.29, 1.82) is 0 Å². The number of sulfonamides is 1. The molecule has 0 saturated carbocycles. The average molecular weight is 314 g/mol. The zero-order valence-corrected chi connectivity index (χ0v) is 12.5. The van der Waals surface area contributed by atoms with Crippen molar-refractivity contribution >= 4 is 15.9 Å². The van der Waals surface area contributed by atoms with Crippen LogP contribution in [0.3, 0.4) is 0 Å². The van der Waals surface area contributed by atoms with Gasteiger partial charge in [-0.3, -0.25) is 4.79 Å². The quantitative estimate of drug-likeness (QED) is 0.830. The van der Waals surface area contributed by atoms with Crippen molar-refractivity contribution < 1.29 is 23.1 Å². The van der Waals surface area contributed by atoms with Crippen LogP contribution in [-0.2, 0) is 10.0 Å². The lowest BCUT2D eigenvalue weighted by atomic mass is 10.1. The fourth-order valence-electron chi connectivity index (χ4n) is 2.56. The topological polar surface area (TPSA) is 110 Å². The maximum absolute atomic E-state index is 12.5. The molecule has 1 heterocycles. The molecule has 1 aliphatic heterocycles. The number of phenols is 1. The number of hydrogen-bond donors (Lipinski definition) is 2. The summed E-state index contributed by atoms with van der Waals surface area (Å²) >= 11 is 0. The summed E-state index contributed by atoms with van der Waals surface area (Å²) in [5.74, 6) is -0.740. The summed E-state index contributed by atoms with van der Waals surface area (Å²) in [7, 11) is -2.27. The van der Waals surface area contributed by atoms with E-state index in [0.29, 0.717) is 19.4 Å². The SMILES string of the molecule is COc1cccc(C(=O)N2CCCC2CS(N)(=O)=O)c1O. The van der Waals surface area contributed by atoms with Crippen LogP contribution in [0.1, 0.15) is 23.2 Å². The third kappa shape index (κ3) is 3.45. The number of aromatic hydroxyl groups is 1. The number of primary sulfonamides is 1. The van der Waals surface area contributed by atoms with Gasteiger partial charge in [0.25, 0.3) is 5.91 Å². The van der Waals surface area contributed by atoms with Gasteiger partial charge < -0.3 is 14.7 Å². The van der Waals surface area contributed by atoms with Gasteiger partial charge in [-0.2, -0.15) is 0 Å². The number of nitrogens with two attached hydrogens (primary N) is 1. The number of rotatable bonds is 4. The second-order valence-electron chi connectivity index (χ2n) is 4.98. The van der Waals surface area contributed by atoms with Crippen molar-refractivity contribution in [3.63, 3.8) is 0 Å². The Bertz CT molecular complexity index is 644. The first-order valence-electron chi connectivity index (χ1n) is 6.51. The summed E-state index contributed by atoms with van der Waals surface area (Å²) in [6, 6.07) is 4.15. The van der Waals surface area contributed by atoms with Crippen molar-refractivity contribution in [3.05, 3.63) is 23.8 Å². The standard InChI is InChI=1S/C13H18N2O5S/c1-20-11-6-2-5-10(12(11)16)13(17)15-7-3-4-9(15)8-21(14,18)19/h2,5-6,9,16H,3-4,7-8H2,1H3,(H2,14,18,19). The predicted molar refractivity (Wildman–Crippen MR) is 76.7 cm³/mol. The van der Waals surface area contributed by atoms with Gasteiger partial charge in [-0.15, -0.1) is 0 Å². The van der Waals surface area contributed by atoms with Crippen LogP contribution in [0.2, 0.25) is 0 Å². The first-order valence-corrected chi connectivity index (χ1v) is 8.22. The summed E-state index contributed by atoms with van der Waals surface area (Å²) < 4.78 is 27.4. The van der Waals surface area contributed by atoms with Gasteiger partial charge >= 0.3 is 0 Å². The zero-order chi connectivity index (χ0) is 15.6. The van der Waals surface area contributed by atoms with Crippen LogP contribution in [0.25, 0.3) is 0 Å². The Hall–Kier alpha value is -1.80. The Morgan fingerprint density at radius 3 is 2.86 bits per heavy atom. The van der Waals surface area contributed by atoms with Crippen molar-refractivity contribution in [1.82, 2.24) is 4.90 Å². The summed E-state index contributed by atoms with van der Waals surface area (Å²) in [6.45, 7) is 0.440. The molecular formula is C13H18N2O5S. The van der Waals surface area contributed by atoms with E-state index in [1.54, 1.807) is 6.07 Å². The van der Waals surface area contributed by atoms with E-state index in [1.165, 1.54) is 24.1 Å². The van der Waals surface area contributed by atoms with E-state index in [1.807, 2.05) is 0 Å². The van der Waals surface area contributed by atoms with E-state index in [-0.39, 0.29) is 22.8 Å². The molecule has 1 aliphatic rings. The summed E-state index contributed by atoms with van der Waals surface area (Å²) in [4.78, 5) is 14.0. The molecule has 21 heavy (non-hydrogen) atoms. The Balaban J connectivity index is 2.27. The van der Waals surface area contributed by atoms with Crippen LogP contribution >= 0.6 is 0 Å². The predicted octanol–water partition coefficient (Wildman–Crippen LogP) is 0.294. The van der Waals surface area contributed by atoms with Crippen molar-refractivity contribution in [2.75, 3.05) is 19.4 Å². The van der Waals surface area contributed by atoms with Crippen LogP contribution in [0.4, 0.5) is 0 Å². The molecule has 1 unspecified atom stereocenters. The molecule has 0 aliphatic carbocycles. The van der Waals surface area contributed by atoms with E-state index < -0.39 is 22.0 Å². The van der Waals surface area contributed by atoms with Crippen LogP contribution in [0.5, 0.6) is 11.5 Å². The Morgan fingerprint density at radius 2 is 2.24 bits per heavy atom. The lowest BCUT2D eigenvalue weighted by molar-refractivity contribution is 0.0745. The molecule has 0 bridgehead atoms. The maximum atomic E-state index is 12.5. The summed E-state index contributed by atoms with van der Waals surface area (Å²) in [6.07, 6.45) is 1.28. The second kappa shape index (κ2) is 5.90. The molecule has 2 rings (SSSR count). The molecule has 1 atom stereocenters. The van der Waals surface area contributed by atoms with Gasteiger partial charge in [0.05, 0.1) is 18.4 Å². The number of carbonyl (C=O) groups excluding carboxylic acids is 1. The number of hydrogen-bond acceptors (Lipinski definition) is 5. The van der Waals surface area contributed by atoms with E-state index in [4.69, 9.17) is 9.88 Å². The number of nitrogens with zero attached hydrogens (tertiary/aromatic N) is 1. The van der Waals surface area contributed by atoms with Gasteiger partial charge in [-0.05, 0) is 25.0 Å². The molecular weight excluding hydrogens is 296 g/mol. The number of amides is 1. The van der Waals surface area contributed by atoms with Gasteiger partial charge in [0.2, 0.25) is 10.0 Å². The fraction of sp³-hybridized carbons (Fsp3) is 0.462. The molecule has 0 radical (unpaired) electrons. The molecule has 3 N–H and O–H groups in total. The molecule has 1 aromatic rings. The van der Waals surface area contributed by atoms with Crippen LogP contribution in [0, 0.1) is 0 Å². The number of ether oxygens (including phenoxy) is 1. The minimum absolute atomic E-state index is 0.0932. The molecule has 1 saturated heterocycles. The molecule has 7 nitrogen and oxygen atoms in total. The molecule has 1 fully saturated rings. The Kier molecular flexibility index (Phi) is 4.38. The first-order chi connectivity index (χ1) is 9.83. The van der Waals surface area contributed by atoms with Gasteiger partial charge in [-0.25, -0.2) is 13.6 Å². The lowest BCUT2D eigenvalue weighted by Gasteiger charge is -2.24. The van der Waals surface area contributed by atoms with Crippen LogP contribution in [-0.4, -0.2) is 49.8 Å². The highest BCUT2D eigenvalue weighted by Crippen LogP contribution is 2.32. The van der Waals surface area contributed by atoms with Crippen LogP contribution in [0.15, 0.2) is 18.2 Å². The molecule has 1 aromatic carbocycles. The average Bonchev–Trinajstić information content (AvgIpc) is 2.84. The third-order valence-electron chi connectivity index (χ3n) is 3.51. The highest BCUT2D eigenvalue weighted by atomic mass is 32.2. The van der Waals surface area contributed by atoms with E-state index in [9.17, 15) is 18.3 Å². The van der Waals surface area contributed by atoms with Gasteiger partial charge in [0, 0.05) is 12.6 Å². The van der Waals surface area contributed by atoms with E-state index >= 15 is 0 Å². The van der Waals surface area contributed by atoms with Crippen molar-refractivity contribution in [3.8, 4) is 11.5 Å². The fourth-order valence-corrected chi connectivity index (χ4v) is 3.44. The van der Waals surface area contributed by atoms with Crippen molar-refractivity contribution in [2.45, 2.75) is 18.9 Å². The second-order valence-corrected chi connectivity index (χ2v) is 6.64. The normalized spacial score (nSPS) is 18.8. The van der Waals surface area contributed by atoms with E-state index in [2.05, 4.69) is 0 Å². The van der Waals surface area contributed by atoms with Gasteiger partial charge in [0.15, 0.2) is 11.5 Å². The highest BCUT2D eigenvalue weighted by molar-refractivity contribution is 7.89.